The average Bonchev–Trinajstić information content (AvgIpc) is 3.25. The molecule has 128 valence electrons. The lowest BCUT2D eigenvalue weighted by Crippen LogP contribution is -2.08. The van der Waals surface area contributed by atoms with Crippen molar-refractivity contribution >= 4 is 10.9 Å². The van der Waals surface area contributed by atoms with Crippen molar-refractivity contribution in [2.75, 3.05) is 7.11 Å². The summed E-state index contributed by atoms with van der Waals surface area (Å²) in [5, 5.41) is 11.9. The van der Waals surface area contributed by atoms with Gasteiger partial charge in [0.2, 0.25) is 5.82 Å². The van der Waals surface area contributed by atoms with E-state index in [4.69, 9.17) is 9.63 Å². The summed E-state index contributed by atoms with van der Waals surface area (Å²) >= 11 is 0. The molecule has 4 aromatic rings. The predicted octanol–water partition coefficient (Wildman–Crippen LogP) is 2.80. The summed E-state index contributed by atoms with van der Waals surface area (Å²) in [6.07, 6.45) is 0. The Morgan fingerprint density at radius 2 is 1.84 bits per heavy atom. The highest BCUT2D eigenvalue weighted by molar-refractivity contribution is 5.82. The van der Waals surface area contributed by atoms with Gasteiger partial charge in [0, 0.05) is 18.3 Å². The first-order chi connectivity index (χ1) is 12.1. The van der Waals surface area contributed by atoms with Gasteiger partial charge in [-0.3, -0.25) is 4.79 Å². The molecule has 0 aliphatic carbocycles. The Balaban J connectivity index is 0.000000880. The van der Waals surface area contributed by atoms with Gasteiger partial charge in [0.05, 0.1) is 5.69 Å². The van der Waals surface area contributed by atoms with Gasteiger partial charge >= 0.3 is 0 Å². The minimum absolute atomic E-state index is 0.205. The first kappa shape index (κ1) is 16.7. The molecular formula is C18H18N4O3. The van der Waals surface area contributed by atoms with Crippen LogP contribution in [-0.2, 0) is 0 Å². The maximum Gasteiger partial charge on any atom is 0.263 e. The zero-order valence-electron chi connectivity index (χ0n) is 14.1. The fourth-order valence-electron chi connectivity index (χ4n) is 2.56. The fourth-order valence-corrected chi connectivity index (χ4v) is 2.56. The van der Waals surface area contributed by atoms with Crippen LogP contribution in [0.3, 0.4) is 0 Å². The van der Waals surface area contributed by atoms with Crippen molar-refractivity contribution in [2.24, 2.45) is 0 Å². The van der Waals surface area contributed by atoms with Crippen LogP contribution in [0.4, 0.5) is 0 Å². The molecule has 7 heteroatoms. The minimum atomic E-state index is -0.251. The third-order valence-electron chi connectivity index (χ3n) is 3.73. The number of nitrogens with one attached hydrogen (secondary N) is 2. The van der Waals surface area contributed by atoms with Crippen LogP contribution in [-0.4, -0.2) is 32.3 Å². The van der Waals surface area contributed by atoms with Crippen molar-refractivity contribution in [1.29, 1.82) is 0 Å². The van der Waals surface area contributed by atoms with Gasteiger partial charge in [-0.05, 0) is 49.6 Å². The maximum atomic E-state index is 12.3. The number of aliphatic hydroxyl groups excluding tert-OH is 1. The van der Waals surface area contributed by atoms with Gasteiger partial charge in [0.1, 0.15) is 5.56 Å². The van der Waals surface area contributed by atoms with Crippen LogP contribution >= 0.6 is 0 Å². The molecule has 3 N–H and O–H groups in total. The van der Waals surface area contributed by atoms with Crippen LogP contribution in [0, 0.1) is 13.8 Å². The molecule has 0 spiro atoms. The van der Waals surface area contributed by atoms with Crippen LogP contribution in [0.5, 0.6) is 0 Å². The Bertz CT molecular complexity index is 1080. The first-order valence-corrected chi connectivity index (χ1v) is 7.68. The molecule has 0 saturated heterocycles. The highest BCUT2D eigenvalue weighted by Crippen LogP contribution is 2.22. The first-order valence-electron chi connectivity index (χ1n) is 7.68. The molecule has 0 fully saturated rings. The van der Waals surface area contributed by atoms with E-state index in [0.717, 1.165) is 35.0 Å². The number of aliphatic hydroxyl groups is 1. The molecule has 4 rings (SSSR count). The third kappa shape index (κ3) is 3.22. The maximum absolute atomic E-state index is 12.3. The van der Waals surface area contributed by atoms with Crippen LogP contribution in [0.15, 0.2) is 45.7 Å². The van der Waals surface area contributed by atoms with Crippen molar-refractivity contribution in [3.8, 4) is 23.0 Å². The van der Waals surface area contributed by atoms with Crippen molar-refractivity contribution in [1.82, 2.24) is 20.1 Å². The molecule has 3 aromatic heterocycles. The molecule has 7 nitrogen and oxygen atoms in total. The second-order valence-electron chi connectivity index (χ2n) is 5.58. The van der Waals surface area contributed by atoms with Gasteiger partial charge in [-0.1, -0.05) is 16.8 Å². The van der Waals surface area contributed by atoms with Crippen LogP contribution in [0.2, 0.25) is 0 Å². The summed E-state index contributed by atoms with van der Waals surface area (Å²) in [7, 11) is 1.00. The number of pyridine rings is 1. The Hall–Kier alpha value is -3.19. The number of hydrogen-bond donors (Lipinski definition) is 3. The molecule has 0 aliphatic rings. The van der Waals surface area contributed by atoms with Crippen LogP contribution in [0.25, 0.3) is 33.9 Å². The summed E-state index contributed by atoms with van der Waals surface area (Å²) in [5.41, 5.74) is 3.77. The minimum Gasteiger partial charge on any atom is -0.400 e. The number of fused-ring (bicyclic) bond motifs is 1. The zero-order chi connectivity index (χ0) is 18.0. The van der Waals surface area contributed by atoms with Crippen LogP contribution in [0.1, 0.15) is 11.3 Å². The number of aryl methyl sites for hydroxylation is 2. The van der Waals surface area contributed by atoms with E-state index < -0.39 is 0 Å². The second-order valence-corrected chi connectivity index (χ2v) is 5.58. The van der Waals surface area contributed by atoms with E-state index in [1.807, 2.05) is 44.2 Å². The highest BCUT2D eigenvalue weighted by atomic mass is 16.5. The van der Waals surface area contributed by atoms with Gasteiger partial charge in [-0.15, -0.1) is 0 Å². The van der Waals surface area contributed by atoms with Crippen LogP contribution < -0.4 is 5.56 Å². The number of rotatable bonds is 2. The van der Waals surface area contributed by atoms with Gasteiger partial charge < -0.3 is 19.6 Å². The largest absolute Gasteiger partial charge is 0.400 e. The van der Waals surface area contributed by atoms with E-state index in [2.05, 4.69) is 20.1 Å². The number of aromatic nitrogens is 4. The predicted molar refractivity (Wildman–Crippen MR) is 95.3 cm³/mol. The fraction of sp³-hybridized carbons (Fsp3) is 0.167. The summed E-state index contributed by atoms with van der Waals surface area (Å²) in [5.74, 6) is 0.633. The number of nitrogens with zero attached hydrogens (tertiary/aromatic N) is 2. The lowest BCUT2D eigenvalue weighted by atomic mass is 10.1. The zero-order valence-corrected chi connectivity index (χ0v) is 14.1. The molecular weight excluding hydrogens is 320 g/mol. The standard InChI is InChI=1S/C17H14N4O2.CH4O/c1-9-3-5-13-11(7-9)8-12(16(22)19-13)17-20-15(21-23-17)14-6-4-10(2)18-14;1-2/h3-8,18H,1-2H3,(H,19,22);2H,1H3. The summed E-state index contributed by atoms with van der Waals surface area (Å²) in [4.78, 5) is 22.6. The summed E-state index contributed by atoms with van der Waals surface area (Å²) < 4.78 is 5.27. The Labute approximate surface area is 143 Å². The highest BCUT2D eigenvalue weighted by Gasteiger charge is 2.15. The van der Waals surface area contributed by atoms with E-state index in [1.165, 1.54) is 0 Å². The topological polar surface area (TPSA) is 108 Å². The molecule has 0 radical (unpaired) electrons. The Morgan fingerprint density at radius 3 is 2.56 bits per heavy atom. The van der Waals surface area contributed by atoms with Gasteiger partial charge in [-0.25, -0.2) is 0 Å². The molecule has 0 aliphatic heterocycles. The van der Waals surface area contributed by atoms with E-state index in [-0.39, 0.29) is 11.4 Å². The summed E-state index contributed by atoms with van der Waals surface area (Å²) in [6.45, 7) is 3.95. The van der Waals surface area contributed by atoms with Gasteiger partial charge in [0.25, 0.3) is 11.4 Å². The Kier molecular flexibility index (Phi) is 4.49. The third-order valence-corrected chi connectivity index (χ3v) is 3.73. The lowest BCUT2D eigenvalue weighted by Gasteiger charge is -2.01. The van der Waals surface area contributed by atoms with E-state index in [9.17, 15) is 4.79 Å². The lowest BCUT2D eigenvalue weighted by molar-refractivity contribution is 0.399. The average molecular weight is 338 g/mol. The molecule has 1 aromatic carbocycles. The smallest absolute Gasteiger partial charge is 0.263 e. The summed E-state index contributed by atoms with van der Waals surface area (Å²) in [6, 6.07) is 11.4. The number of H-pyrrole nitrogens is 2. The second kappa shape index (κ2) is 6.74. The molecule has 0 bridgehead atoms. The molecule has 0 amide bonds. The SMILES string of the molecule is CO.Cc1ccc2[nH]c(=O)c(-c3nc(-c4ccc(C)[nH]4)no3)cc2c1. The normalized spacial score (nSPS) is 10.6. The number of hydrogen-bond acceptors (Lipinski definition) is 5. The van der Waals surface area contributed by atoms with Gasteiger partial charge in [-0.2, -0.15) is 4.98 Å². The van der Waals surface area contributed by atoms with Gasteiger partial charge in [0.15, 0.2) is 0 Å². The monoisotopic (exact) mass is 338 g/mol. The molecule has 0 atom stereocenters. The van der Waals surface area contributed by atoms with Crippen molar-refractivity contribution < 1.29 is 9.63 Å². The molecule has 0 unspecified atom stereocenters. The number of aromatic amines is 2. The quantitative estimate of drug-likeness (QED) is 0.521. The van der Waals surface area contributed by atoms with Crippen molar-refractivity contribution in [2.45, 2.75) is 13.8 Å². The molecule has 25 heavy (non-hydrogen) atoms. The van der Waals surface area contributed by atoms with E-state index in [1.54, 1.807) is 6.07 Å². The molecule has 0 saturated carbocycles. The molecule has 3 heterocycles. The van der Waals surface area contributed by atoms with E-state index >= 15 is 0 Å². The number of benzene rings is 1. The Morgan fingerprint density at radius 1 is 1.04 bits per heavy atom. The van der Waals surface area contributed by atoms with E-state index in [0.29, 0.717) is 11.4 Å². The van der Waals surface area contributed by atoms with Crippen molar-refractivity contribution in [3.63, 3.8) is 0 Å². The van der Waals surface area contributed by atoms with Crippen molar-refractivity contribution in [3.05, 3.63) is 58.0 Å².